The van der Waals surface area contributed by atoms with Crippen molar-refractivity contribution in [3.63, 3.8) is 0 Å². The molecular formula is C7H7ClO5S. The van der Waals surface area contributed by atoms with E-state index >= 15 is 0 Å². The number of hydrogen-bond donors (Lipinski definition) is 0. The Morgan fingerprint density at radius 3 is 2.79 bits per heavy atom. The van der Waals surface area contributed by atoms with Crippen LogP contribution < -0.4 is 0 Å². The molecule has 1 heterocycles. The fourth-order valence-electron chi connectivity index (χ4n) is 0.907. The van der Waals surface area contributed by atoms with Gasteiger partial charge in [-0.25, -0.2) is 13.2 Å². The van der Waals surface area contributed by atoms with Gasteiger partial charge in [-0.15, -0.1) is 0 Å². The smallest absolute Gasteiger partial charge is 0.374 e. The van der Waals surface area contributed by atoms with E-state index in [4.69, 9.17) is 15.1 Å². The van der Waals surface area contributed by atoms with E-state index in [2.05, 4.69) is 4.74 Å². The van der Waals surface area contributed by atoms with Crippen molar-refractivity contribution < 1.29 is 22.4 Å². The summed E-state index contributed by atoms with van der Waals surface area (Å²) in [4.78, 5) is 11.0. The van der Waals surface area contributed by atoms with E-state index in [-0.39, 0.29) is 11.3 Å². The molecular weight excluding hydrogens is 232 g/mol. The molecule has 1 rings (SSSR count). The summed E-state index contributed by atoms with van der Waals surface area (Å²) in [5.41, 5.74) is 0.187. The molecule has 0 spiro atoms. The first-order valence-corrected chi connectivity index (χ1v) is 5.99. The average molecular weight is 239 g/mol. The van der Waals surface area contributed by atoms with Crippen LogP contribution in [0.5, 0.6) is 0 Å². The fraction of sp³-hybridized carbons (Fsp3) is 0.286. The van der Waals surface area contributed by atoms with Crippen LogP contribution in [-0.2, 0) is 19.5 Å². The van der Waals surface area contributed by atoms with Gasteiger partial charge in [0.2, 0.25) is 14.8 Å². The second kappa shape index (κ2) is 4.02. The Labute approximate surface area is 85.0 Å². The Morgan fingerprint density at radius 1 is 1.64 bits per heavy atom. The zero-order valence-electron chi connectivity index (χ0n) is 7.19. The minimum Gasteiger partial charge on any atom is -0.463 e. The standard InChI is InChI=1S/C7H7ClO5S/c1-12-7(9)6-5(2-3-13-6)4-14(8,10)11/h2-3H,4H2,1H3. The maximum Gasteiger partial charge on any atom is 0.374 e. The van der Waals surface area contributed by atoms with Gasteiger partial charge in [-0.05, 0) is 6.07 Å². The number of rotatable bonds is 3. The van der Waals surface area contributed by atoms with Gasteiger partial charge in [0.1, 0.15) is 0 Å². The van der Waals surface area contributed by atoms with Crippen LogP contribution in [0.25, 0.3) is 0 Å². The van der Waals surface area contributed by atoms with Crippen LogP contribution >= 0.6 is 10.7 Å². The molecule has 0 aliphatic rings. The summed E-state index contributed by atoms with van der Waals surface area (Å²) < 4.78 is 30.6. The minimum atomic E-state index is -3.71. The molecule has 0 aliphatic carbocycles. The Morgan fingerprint density at radius 2 is 2.29 bits per heavy atom. The van der Waals surface area contributed by atoms with Gasteiger partial charge in [0, 0.05) is 16.2 Å². The van der Waals surface area contributed by atoms with Crippen molar-refractivity contribution in [3.05, 3.63) is 23.7 Å². The monoisotopic (exact) mass is 238 g/mol. The summed E-state index contributed by atoms with van der Waals surface area (Å²) in [7, 11) is 2.49. The van der Waals surface area contributed by atoms with Gasteiger partial charge >= 0.3 is 5.97 Å². The van der Waals surface area contributed by atoms with E-state index in [9.17, 15) is 13.2 Å². The number of hydrogen-bond acceptors (Lipinski definition) is 5. The molecule has 0 amide bonds. The van der Waals surface area contributed by atoms with Crippen LogP contribution in [0.4, 0.5) is 0 Å². The number of ether oxygens (including phenoxy) is 1. The number of carbonyl (C=O) groups excluding carboxylic acids is 1. The van der Waals surface area contributed by atoms with Crippen LogP contribution in [0.2, 0.25) is 0 Å². The highest BCUT2D eigenvalue weighted by molar-refractivity contribution is 8.13. The van der Waals surface area contributed by atoms with Gasteiger partial charge in [-0.2, -0.15) is 0 Å². The highest BCUT2D eigenvalue weighted by Gasteiger charge is 2.19. The summed E-state index contributed by atoms with van der Waals surface area (Å²) in [6, 6.07) is 1.35. The molecule has 1 aromatic heterocycles. The third-order valence-electron chi connectivity index (χ3n) is 1.45. The number of furan rings is 1. The van der Waals surface area contributed by atoms with Gasteiger partial charge in [0.05, 0.1) is 19.1 Å². The van der Waals surface area contributed by atoms with E-state index in [0.29, 0.717) is 0 Å². The summed E-state index contributed by atoms with van der Waals surface area (Å²) in [5, 5.41) is 0. The van der Waals surface area contributed by atoms with E-state index < -0.39 is 20.8 Å². The largest absolute Gasteiger partial charge is 0.463 e. The number of methoxy groups -OCH3 is 1. The number of carbonyl (C=O) groups is 1. The topological polar surface area (TPSA) is 73.6 Å². The van der Waals surface area contributed by atoms with Gasteiger partial charge in [-0.1, -0.05) is 0 Å². The first-order valence-electron chi connectivity index (χ1n) is 3.51. The molecule has 78 valence electrons. The molecule has 7 heteroatoms. The summed E-state index contributed by atoms with van der Waals surface area (Å²) in [6.07, 6.45) is 1.20. The normalized spacial score (nSPS) is 11.3. The Bertz CT molecular complexity index is 433. The lowest BCUT2D eigenvalue weighted by Crippen LogP contribution is -2.05. The summed E-state index contributed by atoms with van der Waals surface area (Å²) in [5.74, 6) is -1.34. The Kier molecular flexibility index (Phi) is 3.17. The molecule has 0 saturated carbocycles. The predicted octanol–water partition coefficient (Wildman–Crippen LogP) is 1.13. The quantitative estimate of drug-likeness (QED) is 0.583. The lowest BCUT2D eigenvalue weighted by Gasteiger charge is -1.97. The van der Waals surface area contributed by atoms with Gasteiger partial charge in [-0.3, -0.25) is 0 Å². The van der Waals surface area contributed by atoms with Crippen LogP contribution in [0.1, 0.15) is 16.1 Å². The van der Waals surface area contributed by atoms with Crippen LogP contribution in [0.3, 0.4) is 0 Å². The highest BCUT2D eigenvalue weighted by Crippen LogP contribution is 2.16. The van der Waals surface area contributed by atoms with Crippen molar-refractivity contribution in [1.29, 1.82) is 0 Å². The first kappa shape index (κ1) is 11.1. The summed E-state index contributed by atoms with van der Waals surface area (Å²) in [6.45, 7) is 0. The van der Waals surface area contributed by atoms with Crippen molar-refractivity contribution in [2.45, 2.75) is 5.75 Å². The molecule has 5 nitrogen and oxygen atoms in total. The van der Waals surface area contributed by atoms with Crippen LogP contribution in [0.15, 0.2) is 16.7 Å². The maximum atomic E-state index is 11.0. The predicted molar refractivity (Wildman–Crippen MR) is 48.5 cm³/mol. The first-order chi connectivity index (χ1) is 6.44. The van der Waals surface area contributed by atoms with Gasteiger partial charge in [0.15, 0.2) is 0 Å². The third kappa shape index (κ3) is 2.74. The minimum absolute atomic E-state index is 0.142. The Hall–Kier alpha value is -1.01. The van der Waals surface area contributed by atoms with E-state index in [1.54, 1.807) is 0 Å². The van der Waals surface area contributed by atoms with Crippen LogP contribution in [-0.4, -0.2) is 21.5 Å². The Balaban J connectivity index is 3.00. The van der Waals surface area contributed by atoms with Gasteiger partial charge < -0.3 is 9.15 Å². The molecule has 0 saturated heterocycles. The molecule has 0 fully saturated rings. The maximum absolute atomic E-state index is 11.0. The number of esters is 1. The highest BCUT2D eigenvalue weighted by atomic mass is 35.7. The molecule has 0 atom stereocenters. The zero-order valence-corrected chi connectivity index (χ0v) is 8.76. The average Bonchev–Trinajstić information content (AvgIpc) is 2.48. The van der Waals surface area contributed by atoms with E-state index in [1.165, 1.54) is 19.4 Å². The molecule has 0 unspecified atom stereocenters. The lowest BCUT2D eigenvalue weighted by molar-refractivity contribution is 0.0564. The molecule has 14 heavy (non-hydrogen) atoms. The second-order valence-corrected chi connectivity index (χ2v) is 5.23. The zero-order chi connectivity index (χ0) is 10.8. The van der Waals surface area contributed by atoms with Gasteiger partial charge in [0.25, 0.3) is 0 Å². The lowest BCUT2D eigenvalue weighted by atomic mass is 10.3. The molecule has 1 aromatic rings. The van der Waals surface area contributed by atoms with E-state index in [0.717, 1.165) is 0 Å². The molecule has 0 aromatic carbocycles. The molecule has 0 radical (unpaired) electrons. The van der Waals surface area contributed by atoms with Crippen molar-refractivity contribution >= 4 is 25.7 Å². The van der Waals surface area contributed by atoms with Crippen molar-refractivity contribution in [1.82, 2.24) is 0 Å². The molecule has 0 aliphatic heterocycles. The fourth-order valence-corrected chi connectivity index (χ4v) is 1.86. The molecule has 0 bridgehead atoms. The van der Waals surface area contributed by atoms with Crippen LogP contribution in [0, 0.1) is 0 Å². The summed E-state index contributed by atoms with van der Waals surface area (Å²) >= 11 is 0. The van der Waals surface area contributed by atoms with E-state index in [1.807, 2.05) is 0 Å². The van der Waals surface area contributed by atoms with Crippen molar-refractivity contribution in [2.24, 2.45) is 0 Å². The molecule has 0 N–H and O–H groups in total. The second-order valence-electron chi connectivity index (χ2n) is 2.45. The van der Waals surface area contributed by atoms with Crippen molar-refractivity contribution in [3.8, 4) is 0 Å². The number of halogens is 1. The SMILES string of the molecule is COC(=O)c1occc1CS(=O)(=O)Cl. The van der Waals surface area contributed by atoms with Crippen molar-refractivity contribution in [2.75, 3.05) is 7.11 Å². The third-order valence-corrected chi connectivity index (χ3v) is 2.43.